The van der Waals surface area contributed by atoms with Crippen molar-refractivity contribution >= 4 is 5.69 Å². The Labute approximate surface area is 237 Å². The van der Waals surface area contributed by atoms with Gasteiger partial charge in [0.05, 0.1) is 11.4 Å². The minimum Gasteiger partial charge on any atom is -0.507 e. The highest BCUT2D eigenvalue weighted by molar-refractivity contribution is 5.62. The number of nitrogens with one attached hydrogen (secondary N) is 2. The zero-order valence-electron chi connectivity index (χ0n) is 23.0. The number of alkyl halides is 5. The van der Waals surface area contributed by atoms with Crippen LogP contribution in [-0.4, -0.2) is 52.7 Å². The second-order valence-corrected chi connectivity index (χ2v) is 10.8. The number of hydrogen-bond acceptors (Lipinski definition) is 7. The first-order valence-electron chi connectivity index (χ1n) is 13.4. The smallest absolute Gasteiger partial charge is 0.455 e. The molecule has 0 bridgehead atoms. The summed E-state index contributed by atoms with van der Waals surface area (Å²) in [6, 6.07) is 6.22. The van der Waals surface area contributed by atoms with E-state index in [2.05, 4.69) is 31.0 Å². The number of H-pyrrole nitrogens is 1. The van der Waals surface area contributed by atoms with Crippen LogP contribution in [0.4, 0.5) is 27.6 Å². The van der Waals surface area contributed by atoms with Gasteiger partial charge in [0.15, 0.2) is 5.82 Å². The summed E-state index contributed by atoms with van der Waals surface area (Å²) in [6.07, 6.45) is -3.45. The first-order chi connectivity index (χ1) is 19.8. The predicted octanol–water partition coefficient (Wildman–Crippen LogP) is 6.51. The number of aromatic nitrogens is 6. The van der Waals surface area contributed by atoms with Gasteiger partial charge >= 0.3 is 12.1 Å². The van der Waals surface area contributed by atoms with E-state index >= 15 is 8.78 Å². The molecule has 1 aliphatic carbocycles. The van der Waals surface area contributed by atoms with E-state index in [0.29, 0.717) is 30.8 Å². The lowest BCUT2D eigenvalue weighted by Gasteiger charge is -2.32. The maximum Gasteiger partial charge on any atom is 0.455 e. The fourth-order valence-corrected chi connectivity index (χ4v) is 5.60. The molecule has 1 saturated carbocycles. The molecule has 0 aliphatic heterocycles. The summed E-state index contributed by atoms with van der Waals surface area (Å²) < 4.78 is 73.0. The predicted molar refractivity (Wildman–Crippen MR) is 143 cm³/mol. The standard InChI is InChI=1S/C28H30F5N7O2/c1-14-10-11-19(12-15(14)2)40-26(42)22(16(3)37-40)34-24(27(29,30)28(31,32)33)21-9-5-8-20(23(21)41)17-6-4-7-18(13-17)25-35-38-39-36-25/h5,8-12,17-18,24,34,41-42H,4,6-7,13H2,1-3H3,(H,35,36,38,39). The molecule has 4 N–H and O–H groups in total. The maximum atomic E-state index is 15.2. The number of aryl methyl sites for hydroxylation is 3. The summed E-state index contributed by atoms with van der Waals surface area (Å²) in [5.41, 5.74) is 1.38. The summed E-state index contributed by atoms with van der Waals surface area (Å²) in [7, 11) is 0. The van der Waals surface area contributed by atoms with Gasteiger partial charge < -0.3 is 15.5 Å². The van der Waals surface area contributed by atoms with Gasteiger partial charge in [0.2, 0.25) is 5.88 Å². The molecule has 5 rings (SSSR count). The van der Waals surface area contributed by atoms with Crippen LogP contribution in [-0.2, 0) is 0 Å². The number of anilines is 1. The van der Waals surface area contributed by atoms with Gasteiger partial charge in [0.1, 0.15) is 17.5 Å². The number of aromatic amines is 1. The van der Waals surface area contributed by atoms with Crippen LogP contribution in [0.15, 0.2) is 36.4 Å². The van der Waals surface area contributed by atoms with Crippen LogP contribution in [0.3, 0.4) is 0 Å². The number of phenolic OH excluding ortho intramolecular Hbond substituents is 1. The van der Waals surface area contributed by atoms with Gasteiger partial charge in [-0.05, 0) is 85.2 Å². The Morgan fingerprint density at radius 2 is 1.74 bits per heavy atom. The van der Waals surface area contributed by atoms with Crippen LogP contribution in [0.25, 0.3) is 5.69 Å². The second kappa shape index (κ2) is 10.9. The molecule has 14 heteroatoms. The number of tetrazole rings is 1. The lowest BCUT2D eigenvalue weighted by molar-refractivity contribution is -0.288. The lowest BCUT2D eigenvalue weighted by atomic mass is 9.76. The number of hydrogen-bond donors (Lipinski definition) is 4. The Bertz CT molecular complexity index is 1570. The highest BCUT2D eigenvalue weighted by Crippen LogP contribution is 2.51. The quantitative estimate of drug-likeness (QED) is 0.181. The topological polar surface area (TPSA) is 125 Å². The molecule has 3 atom stereocenters. The number of benzene rings is 2. The third-order valence-electron chi connectivity index (χ3n) is 8.07. The average Bonchev–Trinajstić information content (AvgIpc) is 3.57. The van der Waals surface area contributed by atoms with Crippen LogP contribution in [0.2, 0.25) is 0 Å². The molecule has 3 unspecified atom stereocenters. The van der Waals surface area contributed by atoms with E-state index in [4.69, 9.17) is 0 Å². The van der Waals surface area contributed by atoms with Crippen molar-refractivity contribution in [3.63, 3.8) is 0 Å². The Kier molecular flexibility index (Phi) is 7.58. The first kappa shape index (κ1) is 29.3. The van der Waals surface area contributed by atoms with Gasteiger partial charge in [-0.1, -0.05) is 30.7 Å². The third-order valence-corrected chi connectivity index (χ3v) is 8.07. The van der Waals surface area contributed by atoms with E-state index in [0.717, 1.165) is 28.3 Å². The van der Waals surface area contributed by atoms with E-state index < -0.39 is 41.0 Å². The zero-order valence-corrected chi connectivity index (χ0v) is 23.0. The molecule has 0 radical (unpaired) electrons. The summed E-state index contributed by atoms with van der Waals surface area (Å²) in [4.78, 5) is 0. The molecule has 9 nitrogen and oxygen atoms in total. The number of aromatic hydroxyl groups is 2. The molecule has 42 heavy (non-hydrogen) atoms. The fraction of sp³-hybridized carbons (Fsp3) is 0.429. The molecular formula is C28H30F5N7O2. The first-order valence-corrected chi connectivity index (χ1v) is 13.4. The fourth-order valence-electron chi connectivity index (χ4n) is 5.60. The van der Waals surface area contributed by atoms with E-state index in [-0.39, 0.29) is 23.1 Å². The number of rotatable bonds is 7. The number of halogens is 5. The SMILES string of the molecule is Cc1ccc(-n2nc(C)c(NC(c3cccc(C4CCCC(c5nnn[nH]5)C4)c3O)C(F)(F)C(F)(F)F)c2O)cc1C. The van der Waals surface area contributed by atoms with Crippen LogP contribution in [0, 0.1) is 20.8 Å². The van der Waals surface area contributed by atoms with Crippen LogP contribution < -0.4 is 5.32 Å². The normalized spacial score (nSPS) is 18.7. The van der Waals surface area contributed by atoms with Crippen LogP contribution >= 0.6 is 0 Å². The third kappa shape index (κ3) is 5.25. The minimum atomic E-state index is -5.98. The molecule has 2 aromatic heterocycles. The van der Waals surface area contributed by atoms with E-state index in [1.807, 2.05) is 13.8 Å². The van der Waals surface area contributed by atoms with Crippen LogP contribution in [0.5, 0.6) is 11.6 Å². The Hall–Kier alpha value is -4.23. The highest BCUT2D eigenvalue weighted by Gasteiger charge is 2.63. The Balaban J connectivity index is 1.55. The second-order valence-electron chi connectivity index (χ2n) is 10.8. The molecule has 224 valence electrons. The largest absolute Gasteiger partial charge is 0.507 e. The van der Waals surface area contributed by atoms with E-state index in [9.17, 15) is 23.4 Å². The van der Waals surface area contributed by atoms with Gasteiger partial charge in [-0.15, -0.1) is 5.10 Å². The van der Waals surface area contributed by atoms with E-state index in [1.54, 1.807) is 18.2 Å². The molecule has 1 aliphatic rings. The van der Waals surface area contributed by atoms with Gasteiger partial charge in [-0.2, -0.15) is 31.7 Å². The summed E-state index contributed by atoms with van der Waals surface area (Å²) in [5, 5.41) is 42.4. The monoisotopic (exact) mass is 591 g/mol. The van der Waals surface area contributed by atoms with Crippen molar-refractivity contribution in [3.05, 3.63) is 70.2 Å². The van der Waals surface area contributed by atoms with Crippen molar-refractivity contribution in [3.8, 4) is 17.3 Å². The van der Waals surface area contributed by atoms with Crippen molar-refractivity contribution in [1.29, 1.82) is 0 Å². The number of para-hydroxylation sites is 1. The van der Waals surface area contributed by atoms with Crippen molar-refractivity contribution < 1.29 is 32.2 Å². The van der Waals surface area contributed by atoms with Gasteiger partial charge in [0.25, 0.3) is 0 Å². The summed E-state index contributed by atoms with van der Waals surface area (Å²) in [5.74, 6) is -6.54. The number of phenols is 1. The van der Waals surface area contributed by atoms with Gasteiger partial charge in [0, 0.05) is 11.5 Å². The van der Waals surface area contributed by atoms with Gasteiger partial charge in [-0.3, -0.25) is 0 Å². The summed E-state index contributed by atoms with van der Waals surface area (Å²) in [6.45, 7) is 5.08. The molecule has 0 spiro atoms. The van der Waals surface area contributed by atoms with Crippen molar-refractivity contribution in [2.24, 2.45) is 0 Å². The molecule has 1 fully saturated rings. The molecule has 0 saturated heterocycles. The number of nitrogens with zero attached hydrogens (tertiary/aromatic N) is 5. The average molecular weight is 592 g/mol. The molecular weight excluding hydrogens is 561 g/mol. The zero-order chi connectivity index (χ0) is 30.4. The highest BCUT2D eigenvalue weighted by atomic mass is 19.4. The van der Waals surface area contributed by atoms with Gasteiger partial charge in [-0.25, -0.2) is 5.10 Å². The molecule has 0 amide bonds. The Morgan fingerprint density at radius 3 is 2.40 bits per heavy atom. The molecule has 2 heterocycles. The van der Waals surface area contributed by atoms with Crippen molar-refractivity contribution in [1.82, 2.24) is 30.4 Å². The summed E-state index contributed by atoms with van der Waals surface area (Å²) >= 11 is 0. The molecule has 2 aromatic carbocycles. The Morgan fingerprint density at radius 1 is 1.00 bits per heavy atom. The van der Waals surface area contributed by atoms with Crippen LogP contribution in [0.1, 0.15) is 77.3 Å². The molecule has 4 aromatic rings. The maximum absolute atomic E-state index is 15.2. The van der Waals surface area contributed by atoms with Crippen molar-refractivity contribution in [2.45, 2.75) is 76.4 Å². The van der Waals surface area contributed by atoms with E-state index in [1.165, 1.54) is 19.1 Å². The van der Waals surface area contributed by atoms with Crippen molar-refractivity contribution in [2.75, 3.05) is 5.32 Å². The minimum absolute atomic E-state index is 0.0138. The lowest BCUT2D eigenvalue weighted by Crippen LogP contribution is -2.45.